The number of nitrogens with two attached hydrogens (primary N) is 1. The molecule has 160 valence electrons. The van der Waals surface area contributed by atoms with Crippen LogP contribution in [0, 0.1) is 5.82 Å². The zero-order valence-corrected chi connectivity index (χ0v) is 17.6. The van der Waals surface area contributed by atoms with Crippen LogP contribution in [-0.2, 0) is 23.1 Å². The monoisotopic (exact) mass is 411 g/mol. The van der Waals surface area contributed by atoms with Crippen molar-refractivity contribution >= 4 is 5.91 Å². The van der Waals surface area contributed by atoms with Crippen LogP contribution >= 0.6 is 0 Å². The summed E-state index contributed by atoms with van der Waals surface area (Å²) in [7, 11) is 2.14. The molecule has 30 heavy (non-hydrogen) atoms. The Morgan fingerprint density at radius 1 is 1.30 bits per heavy atom. The first-order valence-corrected chi connectivity index (χ1v) is 10.6. The predicted molar refractivity (Wildman–Crippen MR) is 115 cm³/mol. The number of piperidine rings is 1. The lowest BCUT2D eigenvalue weighted by Gasteiger charge is -2.58. The topological polar surface area (TPSA) is 69.8 Å². The van der Waals surface area contributed by atoms with Crippen molar-refractivity contribution in [3.63, 3.8) is 0 Å². The van der Waals surface area contributed by atoms with Gasteiger partial charge in [0.1, 0.15) is 11.6 Å². The van der Waals surface area contributed by atoms with Gasteiger partial charge in [0, 0.05) is 24.0 Å². The summed E-state index contributed by atoms with van der Waals surface area (Å²) in [6.07, 6.45) is 2.52. The van der Waals surface area contributed by atoms with Crippen molar-refractivity contribution in [2.75, 3.05) is 26.7 Å². The lowest BCUT2D eigenvalue weighted by Crippen LogP contribution is -2.68. The highest BCUT2D eigenvalue weighted by atomic mass is 19.1. The van der Waals surface area contributed by atoms with E-state index in [2.05, 4.69) is 23.8 Å². The number of likely N-dealkylation sites (tertiary alicyclic amines) is 1. The molecule has 2 aliphatic rings. The van der Waals surface area contributed by atoms with Crippen LogP contribution in [0.1, 0.15) is 30.0 Å². The number of phenolic OH excluding ortho intramolecular Hbond substituents is 1. The van der Waals surface area contributed by atoms with E-state index in [9.17, 15) is 14.3 Å². The Hall–Kier alpha value is -2.44. The summed E-state index contributed by atoms with van der Waals surface area (Å²) in [6.45, 7) is 4.06. The molecule has 2 aromatic carbocycles. The second-order valence-corrected chi connectivity index (χ2v) is 9.02. The minimum absolute atomic E-state index is 0.0958. The Morgan fingerprint density at radius 2 is 2.03 bits per heavy atom. The first-order valence-electron chi connectivity index (χ1n) is 10.6. The van der Waals surface area contributed by atoms with Gasteiger partial charge in [-0.25, -0.2) is 4.39 Å². The summed E-state index contributed by atoms with van der Waals surface area (Å²) in [5.41, 5.74) is 8.93. The third-order valence-corrected chi connectivity index (χ3v) is 7.06. The number of phenols is 1. The fourth-order valence-electron chi connectivity index (χ4n) is 5.54. The summed E-state index contributed by atoms with van der Waals surface area (Å²) in [5, 5.41) is 10.2. The molecule has 2 aromatic rings. The molecule has 3 N–H and O–H groups in total. The van der Waals surface area contributed by atoms with Gasteiger partial charge in [-0.2, -0.15) is 0 Å². The van der Waals surface area contributed by atoms with Crippen molar-refractivity contribution < 1.29 is 14.3 Å². The maximum Gasteiger partial charge on any atom is 0.231 e. The number of primary amides is 1. The SMILES string of the molecule is CN1CC[C@@]2(C)c3cc(O)ccc3C[C@@H]1[C@@H]2N(CCc1ccc(F)cc1)CC(N)=O. The van der Waals surface area contributed by atoms with Crippen LogP contribution in [0.5, 0.6) is 5.75 Å². The number of halogens is 1. The highest BCUT2D eigenvalue weighted by Gasteiger charge is 2.52. The van der Waals surface area contributed by atoms with Gasteiger partial charge in [-0.1, -0.05) is 25.1 Å². The molecular formula is C24H30FN3O2. The summed E-state index contributed by atoms with van der Waals surface area (Å²) < 4.78 is 13.3. The predicted octanol–water partition coefficient (Wildman–Crippen LogP) is 2.45. The van der Waals surface area contributed by atoms with E-state index < -0.39 is 0 Å². The Balaban J connectivity index is 1.69. The number of rotatable bonds is 6. The standard InChI is InChI=1S/C24H30FN3O2/c1-24-10-12-27(2)21(13-17-5-8-19(29)14-20(17)24)23(24)28(15-22(26)30)11-9-16-3-6-18(25)7-4-16/h3-8,14,21,23,29H,9-13,15H2,1-2H3,(H2,26,30)/t21-,23+,24+/m1/s1. The zero-order valence-electron chi connectivity index (χ0n) is 17.6. The minimum Gasteiger partial charge on any atom is -0.508 e. The van der Waals surface area contributed by atoms with Gasteiger partial charge in [-0.05, 0) is 73.8 Å². The van der Waals surface area contributed by atoms with E-state index in [-0.39, 0.29) is 41.5 Å². The Labute approximate surface area is 177 Å². The van der Waals surface area contributed by atoms with Gasteiger partial charge in [0.15, 0.2) is 0 Å². The van der Waals surface area contributed by atoms with Gasteiger partial charge in [-0.3, -0.25) is 9.69 Å². The Bertz CT molecular complexity index is 933. The number of carbonyl (C=O) groups is 1. The Kier molecular flexibility index (Phi) is 5.55. The number of hydrogen-bond acceptors (Lipinski definition) is 4. The molecule has 0 unspecified atom stereocenters. The third-order valence-electron chi connectivity index (χ3n) is 7.06. The Morgan fingerprint density at radius 3 is 2.73 bits per heavy atom. The molecule has 4 rings (SSSR count). The zero-order chi connectivity index (χ0) is 21.5. The molecule has 1 amide bonds. The number of benzene rings is 2. The number of nitrogens with zero attached hydrogens (tertiary/aromatic N) is 2. The second-order valence-electron chi connectivity index (χ2n) is 9.02. The van der Waals surface area contributed by atoms with E-state index in [0.29, 0.717) is 13.0 Å². The molecule has 3 atom stereocenters. The molecule has 1 heterocycles. The highest BCUT2D eigenvalue weighted by Crippen LogP contribution is 2.47. The molecule has 0 radical (unpaired) electrons. The van der Waals surface area contributed by atoms with Crippen LogP contribution < -0.4 is 5.73 Å². The van der Waals surface area contributed by atoms with Crippen LogP contribution in [0.4, 0.5) is 4.39 Å². The van der Waals surface area contributed by atoms with Crippen molar-refractivity contribution in [2.24, 2.45) is 5.73 Å². The van der Waals surface area contributed by atoms with Crippen LogP contribution in [-0.4, -0.2) is 59.6 Å². The maximum absolute atomic E-state index is 13.3. The lowest BCUT2D eigenvalue weighted by atomic mass is 9.61. The van der Waals surface area contributed by atoms with Crippen molar-refractivity contribution in [3.05, 3.63) is 65.0 Å². The highest BCUT2D eigenvalue weighted by molar-refractivity contribution is 5.76. The molecule has 0 spiro atoms. The average Bonchev–Trinajstić information content (AvgIpc) is 2.70. The second kappa shape index (κ2) is 8.00. The third kappa shape index (κ3) is 3.82. The van der Waals surface area contributed by atoms with Gasteiger partial charge in [0.2, 0.25) is 5.91 Å². The van der Waals surface area contributed by atoms with Crippen LogP contribution in [0.15, 0.2) is 42.5 Å². The van der Waals surface area contributed by atoms with Crippen molar-refractivity contribution in [2.45, 2.75) is 43.7 Å². The number of likely N-dealkylation sites (N-methyl/N-ethyl adjacent to an activating group) is 1. The smallest absolute Gasteiger partial charge is 0.231 e. The number of carbonyl (C=O) groups excluding carboxylic acids is 1. The molecule has 1 aliphatic carbocycles. The van der Waals surface area contributed by atoms with E-state index in [1.54, 1.807) is 18.2 Å². The first kappa shape index (κ1) is 20.8. The average molecular weight is 412 g/mol. The van der Waals surface area contributed by atoms with E-state index in [0.717, 1.165) is 24.9 Å². The summed E-state index contributed by atoms with van der Waals surface area (Å²) in [6, 6.07) is 12.6. The molecule has 1 aliphatic heterocycles. The van der Waals surface area contributed by atoms with Crippen molar-refractivity contribution in [1.29, 1.82) is 0 Å². The van der Waals surface area contributed by atoms with Gasteiger partial charge in [0.05, 0.1) is 6.54 Å². The summed E-state index contributed by atoms with van der Waals surface area (Å²) >= 11 is 0. The molecule has 5 nitrogen and oxygen atoms in total. The van der Waals surface area contributed by atoms with Crippen molar-refractivity contribution in [3.8, 4) is 5.75 Å². The van der Waals surface area contributed by atoms with Crippen LogP contribution in [0.2, 0.25) is 0 Å². The van der Waals surface area contributed by atoms with E-state index in [1.165, 1.54) is 23.3 Å². The van der Waals surface area contributed by atoms with Gasteiger partial charge < -0.3 is 15.7 Å². The molecular weight excluding hydrogens is 381 g/mol. The normalized spacial score (nSPS) is 25.9. The molecule has 0 saturated carbocycles. The van der Waals surface area contributed by atoms with E-state index in [4.69, 9.17) is 5.73 Å². The maximum atomic E-state index is 13.3. The fourth-order valence-corrected chi connectivity index (χ4v) is 5.54. The molecule has 1 saturated heterocycles. The summed E-state index contributed by atoms with van der Waals surface area (Å²) in [5.74, 6) is -0.320. The van der Waals surface area contributed by atoms with Crippen molar-refractivity contribution in [1.82, 2.24) is 9.80 Å². The molecule has 1 fully saturated rings. The number of amides is 1. The number of hydrogen-bond donors (Lipinski definition) is 2. The van der Waals surface area contributed by atoms with E-state index >= 15 is 0 Å². The van der Waals surface area contributed by atoms with Gasteiger partial charge >= 0.3 is 0 Å². The molecule has 0 aromatic heterocycles. The van der Waals surface area contributed by atoms with Crippen LogP contribution in [0.25, 0.3) is 0 Å². The minimum atomic E-state index is -0.347. The fraction of sp³-hybridized carbons (Fsp3) is 0.458. The first-order chi connectivity index (χ1) is 14.3. The number of aromatic hydroxyl groups is 1. The quantitative estimate of drug-likeness (QED) is 0.766. The molecule has 2 bridgehead atoms. The van der Waals surface area contributed by atoms with Gasteiger partial charge in [-0.15, -0.1) is 0 Å². The lowest BCUT2D eigenvalue weighted by molar-refractivity contribution is -0.121. The largest absolute Gasteiger partial charge is 0.508 e. The molecule has 6 heteroatoms. The van der Waals surface area contributed by atoms with E-state index in [1.807, 2.05) is 12.1 Å². The van der Waals surface area contributed by atoms with Crippen LogP contribution in [0.3, 0.4) is 0 Å². The number of fused-ring (bicyclic) bond motifs is 4. The summed E-state index contributed by atoms with van der Waals surface area (Å²) in [4.78, 5) is 16.6. The van der Waals surface area contributed by atoms with Gasteiger partial charge in [0.25, 0.3) is 0 Å².